The highest BCUT2D eigenvalue weighted by Crippen LogP contribution is 2.39. The van der Waals surface area contributed by atoms with E-state index in [1.165, 1.54) is 0 Å². The Kier molecular flexibility index (Phi) is 2.82. The van der Waals surface area contributed by atoms with Crippen molar-refractivity contribution in [3.8, 4) is 0 Å². The normalized spacial score (nSPS) is 16.2. The van der Waals surface area contributed by atoms with E-state index in [9.17, 15) is 13.2 Å². The molecular formula is C12H14F3N. The maximum atomic E-state index is 12.8. The molecule has 0 spiro atoms. The first kappa shape index (κ1) is 11.3. The minimum Gasteiger partial charge on any atom is -0.281 e. The van der Waals surface area contributed by atoms with Gasteiger partial charge in [0.05, 0.1) is 0 Å². The summed E-state index contributed by atoms with van der Waals surface area (Å²) in [5, 5.41) is 0. The smallest absolute Gasteiger partial charge is 0.281 e. The highest BCUT2D eigenvalue weighted by molar-refractivity contribution is 5.50. The summed E-state index contributed by atoms with van der Waals surface area (Å²) in [6.07, 6.45) is -2.16. The van der Waals surface area contributed by atoms with E-state index in [-0.39, 0.29) is 11.7 Å². The average Bonchev–Trinajstić information content (AvgIpc) is 3.01. The van der Waals surface area contributed by atoms with Crippen molar-refractivity contribution in [2.45, 2.75) is 38.5 Å². The molecule has 88 valence electrons. The summed E-state index contributed by atoms with van der Waals surface area (Å²) in [5.41, 5.74) is 1.31. The van der Waals surface area contributed by atoms with Crippen molar-refractivity contribution < 1.29 is 13.2 Å². The summed E-state index contributed by atoms with van der Waals surface area (Å²) in [6.45, 7) is 1.98. The van der Waals surface area contributed by atoms with Crippen molar-refractivity contribution in [2.24, 2.45) is 0 Å². The Morgan fingerprint density at radius 1 is 1.19 bits per heavy atom. The van der Waals surface area contributed by atoms with E-state index in [2.05, 4.69) is 0 Å². The van der Waals surface area contributed by atoms with Gasteiger partial charge < -0.3 is 0 Å². The van der Waals surface area contributed by atoms with Gasteiger partial charge in [-0.15, -0.1) is 0 Å². The molecule has 1 nitrogen and oxygen atoms in total. The zero-order valence-electron chi connectivity index (χ0n) is 9.09. The van der Waals surface area contributed by atoms with Crippen LogP contribution < -0.4 is 4.90 Å². The molecular weight excluding hydrogens is 215 g/mol. The molecule has 0 aliphatic heterocycles. The summed E-state index contributed by atoms with van der Waals surface area (Å²) >= 11 is 0. The van der Waals surface area contributed by atoms with Gasteiger partial charge in [0.2, 0.25) is 0 Å². The topological polar surface area (TPSA) is 3.24 Å². The zero-order chi connectivity index (χ0) is 11.8. The number of hydrogen-bond acceptors (Lipinski definition) is 1. The number of benzene rings is 1. The van der Waals surface area contributed by atoms with Crippen LogP contribution in [0, 0.1) is 0 Å². The minimum absolute atomic E-state index is 0.257. The van der Waals surface area contributed by atoms with Crippen LogP contribution in [0.3, 0.4) is 0 Å². The van der Waals surface area contributed by atoms with Gasteiger partial charge in [-0.3, -0.25) is 4.90 Å². The third-order valence-corrected chi connectivity index (χ3v) is 2.81. The molecule has 0 N–H and O–H groups in total. The number of hydrogen-bond donors (Lipinski definition) is 0. The van der Waals surface area contributed by atoms with Crippen molar-refractivity contribution in [3.05, 3.63) is 29.8 Å². The molecule has 0 heterocycles. The van der Waals surface area contributed by atoms with Crippen LogP contribution in [0.25, 0.3) is 0 Å². The van der Waals surface area contributed by atoms with Gasteiger partial charge in [0, 0.05) is 11.7 Å². The molecule has 0 amide bonds. The number of nitrogens with zero attached hydrogens (tertiary/aromatic N) is 1. The monoisotopic (exact) mass is 229 g/mol. The largest absolute Gasteiger partial charge is 0.485 e. The Balaban J connectivity index is 2.25. The van der Waals surface area contributed by atoms with Crippen LogP contribution in [0.4, 0.5) is 18.9 Å². The van der Waals surface area contributed by atoms with Crippen LogP contribution in [0.2, 0.25) is 0 Å². The van der Waals surface area contributed by atoms with Crippen LogP contribution in [0.5, 0.6) is 0 Å². The molecule has 0 saturated heterocycles. The minimum atomic E-state index is -4.27. The van der Waals surface area contributed by atoms with Gasteiger partial charge in [-0.05, 0) is 37.0 Å². The molecule has 1 saturated carbocycles. The lowest BCUT2D eigenvalue weighted by molar-refractivity contribution is -0.130. The molecule has 0 unspecified atom stereocenters. The summed E-state index contributed by atoms with van der Waals surface area (Å²) in [6, 6.07) is 6.29. The fourth-order valence-electron chi connectivity index (χ4n) is 1.79. The van der Waals surface area contributed by atoms with Crippen LogP contribution in [-0.4, -0.2) is 12.3 Å². The van der Waals surface area contributed by atoms with Gasteiger partial charge in [0.1, 0.15) is 0 Å². The molecule has 1 aliphatic carbocycles. The van der Waals surface area contributed by atoms with E-state index >= 15 is 0 Å². The summed E-state index contributed by atoms with van der Waals surface area (Å²) < 4.78 is 38.4. The fourth-order valence-corrected chi connectivity index (χ4v) is 1.79. The Morgan fingerprint density at radius 2 is 1.75 bits per heavy atom. The Bertz CT molecular complexity index is 352. The molecule has 1 aliphatic rings. The maximum absolute atomic E-state index is 12.8. The van der Waals surface area contributed by atoms with Gasteiger partial charge >= 0.3 is 6.30 Å². The molecule has 0 bridgehead atoms. The lowest BCUT2D eigenvalue weighted by Crippen LogP contribution is -2.39. The van der Waals surface area contributed by atoms with Gasteiger partial charge in [0.15, 0.2) is 0 Å². The third-order valence-electron chi connectivity index (χ3n) is 2.81. The zero-order valence-corrected chi connectivity index (χ0v) is 9.09. The molecule has 0 atom stereocenters. The molecule has 2 rings (SSSR count). The highest BCUT2D eigenvalue weighted by Gasteiger charge is 2.46. The quantitative estimate of drug-likeness (QED) is 0.714. The molecule has 0 radical (unpaired) electrons. The van der Waals surface area contributed by atoms with Crippen molar-refractivity contribution in [3.63, 3.8) is 0 Å². The Morgan fingerprint density at radius 3 is 2.12 bits per heavy atom. The van der Waals surface area contributed by atoms with E-state index in [4.69, 9.17) is 0 Å². The number of rotatable bonds is 3. The van der Waals surface area contributed by atoms with E-state index < -0.39 is 6.30 Å². The van der Waals surface area contributed by atoms with Crippen LogP contribution in [0.15, 0.2) is 24.3 Å². The molecule has 1 fully saturated rings. The number of aryl methyl sites for hydroxylation is 1. The first-order valence-corrected chi connectivity index (χ1v) is 5.47. The predicted octanol–water partition coefficient (Wildman–Crippen LogP) is 3.74. The van der Waals surface area contributed by atoms with Crippen LogP contribution in [0.1, 0.15) is 25.3 Å². The fraction of sp³-hybridized carbons (Fsp3) is 0.500. The number of alkyl halides is 3. The van der Waals surface area contributed by atoms with E-state index in [0.29, 0.717) is 17.7 Å². The summed E-state index contributed by atoms with van der Waals surface area (Å²) in [7, 11) is 0. The molecule has 1 aromatic carbocycles. The lowest BCUT2D eigenvalue weighted by Gasteiger charge is -2.27. The molecule has 16 heavy (non-hydrogen) atoms. The SMILES string of the molecule is CCc1ccc(N(C2CC2)C(F)(F)F)cc1. The summed E-state index contributed by atoms with van der Waals surface area (Å²) in [4.78, 5) is 0.576. The van der Waals surface area contributed by atoms with Crippen molar-refractivity contribution >= 4 is 5.69 Å². The first-order valence-electron chi connectivity index (χ1n) is 5.47. The van der Waals surface area contributed by atoms with Crippen LogP contribution >= 0.6 is 0 Å². The number of halogens is 3. The molecule has 4 heteroatoms. The van der Waals surface area contributed by atoms with Crippen molar-refractivity contribution in [1.82, 2.24) is 0 Å². The van der Waals surface area contributed by atoms with Crippen molar-refractivity contribution in [2.75, 3.05) is 4.90 Å². The van der Waals surface area contributed by atoms with Crippen LogP contribution in [-0.2, 0) is 6.42 Å². The third kappa shape index (κ3) is 2.31. The van der Waals surface area contributed by atoms with Gasteiger partial charge in [0.25, 0.3) is 0 Å². The second kappa shape index (κ2) is 4.00. The summed E-state index contributed by atoms with van der Waals surface area (Å²) in [5.74, 6) is 0. The van der Waals surface area contributed by atoms with E-state index in [1.807, 2.05) is 6.92 Å². The Hall–Kier alpha value is -1.19. The highest BCUT2D eigenvalue weighted by atomic mass is 19.4. The maximum Gasteiger partial charge on any atom is 0.485 e. The van der Waals surface area contributed by atoms with Gasteiger partial charge in [-0.1, -0.05) is 19.1 Å². The predicted molar refractivity (Wildman–Crippen MR) is 57.4 cm³/mol. The molecule has 0 aromatic heterocycles. The molecule has 1 aromatic rings. The lowest BCUT2D eigenvalue weighted by atomic mass is 10.1. The second-order valence-electron chi connectivity index (χ2n) is 4.09. The van der Waals surface area contributed by atoms with Gasteiger partial charge in [-0.25, -0.2) is 0 Å². The first-order chi connectivity index (χ1) is 7.52. The number of anilines is 1. The van der Waals surface area contributed by atoms with Crippen molar-refractivity contribution in [1.29, 1.82) is 0 Å². The van der Waals surface area contributed by atoms with E-state index in [0.717, 1.165) is 12.0 Å². The average molecular weight is 229 g/mol. The van der Waals surface area contributed by atoms with Gasteiger partial charge in [-0.2, -0.15) is 13.2 Å². The second-order valence-corrected chi connectivity index (χ2v) is 4.09. The van der Waals surface area contributed by atoms with E-state index in [1.54, 1.807) is 24.3 Å². The Labute approximate surface area is 92.9 Å². The standard InChI is InChI=1S/C12H14F3N/c1-2-9-3-5-10(6-4-9)16(11-7-8-11)12(13,14)15/h3-6,11H,2,7-8H2,1H3.